The number of aromatic nitrogens is 1. The van der Waals surface area contributed by atoms with E-state index in [1.165, 1.54) is 11.9 Å². The van der Waals surface area contributed by atoms with Gasteiger partial charge in [0.1, 0.15) is 5.84 Å². The number of nitrogens with two attached hydrogens (primary N) is 2. The number of pyridine rings is 1. The maximum Gasteiger partial charge on any atom is 0.239 e. The van der Waals surface area contributed by atoms with E-state index in [0.717, 1.165) is 16.7 Å². The summed E-state index contributed by atoms with van der Waals surface area (Å²) in [6.45, 7) is 0.189. The Morgan fingerprint density at radius 3 is 2.25 bits per heavy atom. The topological polar surface area (TPSA) is 159 Å². The van der Waals surface area contributed by atoms with Crippen LogP contribution in [0.25, 0.3) is 0 Å². The summed E-state index contributed by atoms with van der Waals surface area (Å²) in [5.74, 6) is 0.130. The minimum Gasteiger partial charge on any atom is -0.399 e. The Hall–Kier alpha value is -3.89. The molecule has 1 aromatic heterocycles. The number of nitrogens with one attached hydrogen (secondary N) is 4. The van der Waals surface area contributed by atoms with E-state index in [4.69, 9.17) is 16.9 Å². The van der Waals surface area contributed by atoms with Crippen LogP contribution >= 0.6 is 11.9 Å². The molecule has 0 aliphatic heterocycles. The first kappa shape index (κ1) is 26.7. The Bertz CT molecular complexity index is 1140. The standard InChI is InChI=1S/C26H31N7O2S/c27-22-8-3-20(4-9-22)17-36-33-23(10-5-18-11-13-30-14-12-18)26(35)32-16-24(34)31-15-19-1-6-21(7-2-19)25(28)29/h1-4,6-9,11-14,23,33H,5,10,15-17,27H2,(H3,28,29)(H,31,34)(H,32,35). The molecule has 2 amide bonds. The van der Waals surface area contributed by atoms with Crippen LogP contribution in [0.2, 0.25) is 0 Å². The number of carbonyl (C=O) groups is 2. The molecule has 1 atom stereocenters. The number of nitrogen functional groups attached to an aromatic ring is 2. The third-order valence-corrected chi connectivity index (χ3v) is 6.34. The summed E-state index contributed by atoms with van der Waals surface area (Å²) in [7, 11) is 0. The lowest BCUT2D eigenvalue weighted by Gasteiger charge is -2.18. The van der Waals surface area contributed by atoms with Crippen LogP contribution in [0.3, 0.4) is 0 Å². The highest BCUT2D eigenvalue weighted by Gasteiger charge is 2.19. The van der Waals surface area contributed by atoms with E-state index in [-0.39, 0.29) is 24.2 Å². The number of nitrogens with zero attached hydrogens (tertiary/aromatic N) is 1. The molecule has 1 heterocycles. The van der Waals surface area contributed by atoms with Crippen LogP contribution in [0, 0.1) is 5.41 Å². The second-order valence-corrected chi connectivity index (χ2v) is 9.01. The van der Waals surface area contributed by atoms with E-state index in [1.54, 1.807) is 36.7 Å². The summed E-state index contributed by atoms with van der Waals surface area (Å²) in [6, 6.07) is 18.0. The summed E-state index contributed by atoms with van der Waals surface area (Å²) < 4.78 is 3.25. The van der Waals surface area contributed by atoms with Gasteiger partial charge in [-0.05, 0) is 53.8 Å². The molecule has 0 aliphatic carbocycles. The first-order valence-corrected chi connectivity index (χ1v) is 12.5. The molecular weight excluding hydrogens is 474 g/mol. The van der Waals surface area contributed by atoms with Gasteiger partial charge in [-0.2, -0.15) is 0 Å². The molecule has 188 valence electrons. The fourth-order valence-corrected chi connectivity index (χ4v) is 4.17. The number of carbonyl (C=O) groups excluding carboxylic acids is 2. The van der Waals surface area contributed by atoms with Crippen LogP contribution in [-0.4, -0.2) is 35.2 Å². The van der Waals surface area contributed by atoms with Crippen molar-refractivity contribution in [3.63, 3.8) is 0 Å². The van der Waals surface area contributed by atoms with E-state index >= 15 is 0 Å². The van der Waals surface area contributed by atoms with Crippen LogP contribution in [-0.2, 0) is 28.3 Å². The van der Waals surface area contributed by atoms with Crippen molar-refractivity contribution < 1.29 is 9.59 Å². The van der Waals surface area contributed by atoms with Crippen molar-refractivity contribution in [3.8, 4) is 0 Å². The number of amides is 2. The van der Waals surface area contributed by atoms with Gasteiger partial charge in [0.25, 0.3) is 0 Å². The molecule has 2 aromatic carbocycles. The van der Waals surface area contributed by atoms with Crippen molar-refractivity contribution in [1.82, 2.24) is 20.3 Å². The fraction of sp³-hybridized carbons (Fsp3) is 0.231. The minimum atomic E-state index is -0.483. The van der Waals surface area contributed by atoms with Gasteiger partial charge < -0.3 is 22.1 Å². The number of hydrogen-bond acceptors (Lipinski definition) is 7. The van der Waals surface area contributed by atoms with E-state index in [9.17, 15) is 9.59 Å². The zero-order valence-corrected chi connectivity index (χ0v) is 20.7. The Morgan fingerprint density at radius 2 is 1.58 bits per heavy atom. The molecule has 36 heavy (non-hydrogen) atoms. The van der Waals surface area contributed by atoms with Crippen molar-refractivity contribution in [1.29, 1.82) is 5.41 Å². The SMILES string of the molecule is N=C(N)c1ccc(CNC(=O)CNC(=O)C(CCc2ccncc2)NSCc2ccc(N)cc2)cc1. The zero-order chi connectivity index (χ0) is 25.8. The largest absolute Gasteiger partial charge is 0.399 e. The van der Waals surface area contributed by atoms with Gasteiger partial charge in [0, 0.05) is 35.9 Å². The van der Waals surface area contributed by atoms with Gasteiger partial charge in [-0.3, -0.25) is 24.7 Å². The highest BCUT2D eigenvalue weighted by atomic mass is 32.2. The highest BCUT2D eigenvalue weighted by molar-refractivity contribution is 7.96. The summed E-state index contributed by atoms with van der Waals surface area (Å²) in [5, 5.41) is 13.0. The molecule has 0 aliphatic rings. The van der Waals surface area contributed by atoms with Crippen LogP contribution < -0.4 is 26.8 Å². The summed E-state index contributed by atoms with van der Waals surface area (Å²) in [4.78, 5) is 29.2. The molecule has 3 rings (SSSR count). The zero-order valence-electron chi connectivity index (χ0n) is 19.9. The van der Waals surface area contributed by atoms with E-state index in [2.05, 4.69) is 20.3 Å². The van der Waals surface area contributed by atoms with E-state index in [1.807, 2.05) is 36.4 Å². The number of hydrogen-bond donors (Lipinski definition) is 6. The Balaban J connectivity index is 1.48. The van der Waals surface area contributed by atoms with Crippen LogP contribution in [0.15, 0.2) is 73.1 Å². The van der Waals surface area contributed by atoms with Gasteiger partial charge in [0.15, 0.2) is 0 Å². The van der Waals surface area contributed by atoms with Crippen molar-refractivity contribution in [3.05, 3.63) is 95.3 Å². The van der Waals surface area contributed by atoms with Gasteiger partial charge in [0.05, 0.1) is 12.6 Å². The van der Waals surface area contributed by atoms with Crippen molar-refractivity contribution in [2.24, 2.45) is 5.73 Å². The summed E-state index contributed by atoms with van der Waals surface area (Å²) in [5.41, 5.74) is 15.6. The van der Waals surface area contributed by atoms with E-state index in [0.29, 0.717) is 36.4 Å². The minimum absolute atomic E-state index is 0.00739. The van der Waals surface area contributed by atoms with Crippen molar-refractivity contribution >= 4 is 35.3 Å². The normalized spacial score (nSPS) is 11.4. The Kier molecular flexibility index (Phi) is 10.3. The number of rotatable bonds is 13. The number of aryl methyl sites for hydroxylation is 1. The highest BCUT2D eigenvalue weighted by Crippen LogP contribution is 2.14. The Morgan fingerprint density at radius 1 is 0.917 bits per heavy atom. The quantitative estimate of drug-likeness (QED) is 0.0898. The van der Waals surface area contributed by atoms with Crippen LogP contribution in [0.5, 0.6) is 0 Å². The maximum atomic E-state index is 12.9. The molecule has 8 N–H and O–H groups in total. The molecule has 0 bridgehead atoms. The molecule has 0 radical (unpaired) electrons. The van der Waals surface area contributed by atoms with Gasteiger partial charge in [-0.1, -0.05) is 48.3 Å². The molecule has 9 nitrogen and oxygen atoms in total. The molecule has 10 heteroatoms. The lowest BCUT2D eigenvalue weighted by Crippen LogP contribution is -2.45. The number of amidine groups is 1. The van der Waals surface area contributed by atoms with Crippen molar-refractivity contribution in [2.75, 3.05) is 12.3 Å². The van der Waals surface area contributed by atoms with E-state index < -0.39 is 6.04 Å². The molecule has 0 saturated carbocycles. The second-order valence-electron chi connectivity index (χ2n) is 8.20. The van der Waals surface area contributed by atoms with Gasteiger partial charge in [-0.15, -0.1) is 0 Å². The predicted octanol–water partition coefficient (Wildman–Crippen LogP) is 2.12. The molecule has 0 spiro atoms. The average molecular weight is 506 g/mol. The van der Waals surface area contributed by atoms with Crippen LogP contribution in [0.1, 0.15) is 28.7 Å². The number of anilines is 1. The maximum absolute atomic E-state index is 12.9. The third-order valence-electron chi connectivity index (χ3n) is 5.41. The molecule has 3 aromatic rings. The molecule has 0 fully saturated rings. The smallest absolute Gasteiger partial charge is 0.239 e. The molecular formula is C26H31N7O2S. The van der Waals surface area contributed by atoms with Gasteiger partial charge in [-0.25, -0.2) is 0 Å². The third kappa shape index (κ3) is 9.05. The first-order chi connectivity index (χ1) is 17.4. The first-order valence-electron chi connectivity index (χ1n) is 11.5. The summed E-state index contributed by atoms with van der Waals surface area (Å²) in [6.07, 6.45) is 4.71. The lowest BCUT2D eigenvalue weighted by molar-refractivity contribution is -0.127. The fourth-order valence-electron chi connectivity index (χ4n) is 3.30. The van der Waals surface area contributed by atoms with Crippen LogP contribution in [0.4, 0.5) is 5.69 Å². The lowest BCUT2D eigenvalue weighted by atomic mass is 10.1. The molecule has 1 unspecified atom stereocenters. The van der Waals surface area contributed by atoms with Crippen molar-refractivity contribution in [2.45, 2.75) is 31.2 Å². The monoisotopic (exact) mass is 505 g/mol. The molecule has 0 saturated heterocycles. The second kappa shape index (κ2) is 13.9. The average Bonchev–Trinajstić information content (AvgIpc) is 2.90. The van der Waals surface area contributed by atoms with Gasteiger partial charge >= 0.3 is 0 Å². The Labute approximate surface area is 215 Å². The predicted molar refractivity (Wildman–Crippen MR) is 144 cm³/mol. The summed E-state index contributed by atoms with van der Waals surface area (Å²) >= 11 is 1.44. The van der Waals surface area contributed by atoms with Gasteiger partial charge in [0.2, 0.25) is 11.8 Å². The number of benzene rings is 2.